The number of benzene rings is 16. The van der Waals surface area contributed by atoms with Gasteiger partial charge in [-0.3, -0.25) is 9.13 Å². The normalized spacial score (nSPS) is 15.4. The van der Waals surface area contributed by atoms with Gasteiger partial charge in [-0.2, -0.15) is 0 Å². The van der Waals surface area contributed by atoms with Crippen LogP contribution < -0.4 is 0 Å². The van der Waals surface area contributed by atoms with Crippen LogP contribution in [0, 0.1) is 0 Å². The summed E-state index contributed by atoms with van der Waals surface area (Å²) < 4.78 is 9.81. The summed E-state index contributed by atoms with van der Waals surface area (Å²) in [5.41, 5.74) is 28.5. The average molecular weight is 1490 g/mol. The first-order valence-corrected chi connectivity index (χ1v) is 40.6. The van der Waals surface area contributed by atoms with Crippen LogP contribution in [0.15, 0.2) is 402 Å². The van der Waals surface area contributed by atoms with E-state index in [4.69, 9.17) is 15.0 Å². The first kappa shape index (κ1) is 63.7. The molecule has 0 radical (unpaired) electrons. The van der Waals surface area contributed by atoms with Gasteiger partial charge in [-0.1, -0.05) is 339 Å². The van der Waals surface area contributed by atoms with Gasteiger partial charge >= 0.3 is 0 Å². The summed E-state index contributed by atoms with van der Waals surface area (Å²) in [6.07, 6.45) is 0. The van der Waals surface area contributed by atoms with Crippen LogP contribution in [0.3, 0.4) is 0 Å². The predicted octanol–water partition coefficient (Wildman–Crippen LogP) is 26.4. The lowest BCUT2D eigenvalue weighted by atomic mass is 9.62. The molecule has 114 heavy (non-hydrogen) atoms. The van der Waals surface area contributed by atoms with Gasteiger partial charge < -0.3 is 9.13 Å². The fourth-order valence-electron chi connectivity index (χ4n) is 20.3. The Balaban J connectivity index is 0.000000129. The van der Waals surface area contributed by atoms with Crippen LogP contribution >= 0.6 is 23.5 Å². The van der Waals surface area contributed by atoms with Gasteiger partial charge in [-0.15, -0.1) is 0 Å². The Morgan fingerprint density at radius 1 is 0.228 bits per heavy atom. The lowest BCUT2D eigenvalue weighted by Crippen LogP contribution is -2.37. The van der Waals surface area contributed by atoms with Crippen LogP contribution in [-0.4, -0.2) is 33.2 Å². The second-order valence-electron chi connectivity index (χ2n) is 30.3. The molecule has 4 aliphatic rings. The highest BCUT2D eigenvalue weighted by Gasteiger charge is 2.52. The van der Waals surface area contributed by atoms with E-state index < -0.39 is 10.8 Å². The van der Waals surface area contributed by atoms with Crippen LogP contribution in [0.1, 0.15) is 44.5 Å². The highest BCUT2D eigenvalue weighted by atomic mass is 32.2. The standard InChI is InChI=1S/C54H33N3S.C51H30N4S/c1-3-16-34(17-4-1)36-32-45(35-18-5-2-6-19-35)55-50(33-36)57-47-27-12-8-21-38(47)40-30-31-44-53(52(40)57)58-49-29-14-10-24-42(49)54(44)41-23-9-13-28-48(41)56-46-26-11-7-20-37(46)39-22-15-25-43(54)51(39)56;1-2-15-31(16-3-1)46-36-19-4-9-24-41(36)52-50(53-46)55-43-26-11-6-18-33(43)35-29-30-40-49(48(35)55)56-45-28-13-8-22-38(45)51(40)37-21-7-12-27-44(37)54-42-25-10-5-17-32(42)34-20-14-23-39(51)47(34)54/h1-33H;1-30H. The van der Waals surface area contributed by atoms with E-state index in [9.17, 15) is 0 Å². The van der Waals surface area contributed by atoms with Gasteiger partial charge in [-0.25, -0.2) is 15.0 Å². The number of fused-ring (bicyclic) bond motifs is 31. The van der Waals surface area contributed by atoms with Crippen LogP contribution in [0.2, 0.25) is 0 Å². The molecule has 26 rings (SSSR count). The fourth-order valence-corrected chi connectivity index (χ4v) is 22.9. The van der Waals surface area contributed by atoms with E-state index >= 15 is 0 Å². The topological polar surface area (TPSA) is 58.4 Å². The van der Waals surface area contributed by atoms with Crippen LogP contribution in [0.25, 0.3) is 155 Å². The molecule has 0 bridgehead atoms. The Labute approximate surface area is 664 Å². The third kappa shape index (κ3) is 8.60. The SMILES string of the molecule is c1ccc(-c2cc(-c3ccccc3)nc(-n3c4ccccc4c4ccc5c(c43)Sc3ccccc3C53c4ccccc4-n4c5ccccc5c5cccc3c54)c2)cc1.c1ccc(-c2nc(-n3c4ccccc4c4ccc5c(c43)Sc3ccccc3C53c4ccccc4-n4c5ccccc5c5cccc3c54)nc3ccccc23)cc1. The molecule has 9 heteroatoms. The zero-order valence-electron chi connectivity index (χ0n) is 61.3. The summed E-state index contributed by atoms with van der Waals surface area (Å²) >= 11 is 3.78. The predicted molar refractivity (Wildman–Crippen MR) is 469 cm³/mol. The summed E-state index contributed by atoms with van der Waals surface area (Å²) in [7, 11) is 0. The summed E-state index contributed by atoms with van der Waals surface area (Å²) in [5, 5.41) is 11.0. The molecule has 2 atom stereocenters. The smallest absolute Gasteiger partial charge is 0.235 e. The molecular weight excluding hydrogens is 1420 g/mol. The molecule has 2 spiro atoms. The minimum absolute atomic E-state index is 0.582. The van der Waals surface area contributed by atoms with Crippen molar-refractivity contribution in [3.63, 3.8) is 0 Å². The van der Waals surface area contributed by atoms with Crippen molar-refractivity contribution in [1.29, 1.82) is 0 Å². The van der Waals surface area contributed by atoms with Crippen molar-refractivity contribution < 1.29 is 0 Å². The average Bonchev–Trinajstić information content (AvgIpc) is 1.35. The van der Waals surface area contributed by atoms with Crippen molar-refractivity contribution >= 4 is 122 Å². The number of para-hydroxylation sites is 9. The molecule has 10 heterocycles. The third-order valence-electron chi connectivity index (χ3n) is 24.7. The third-order valence-corrected chi connectivity index (χ3v) is 27.1. The minimum Gasteiger partial charge on any atom is -0.309 e. The van der Waals surface area contributed by atoms with Gasteiger partial charge in [0, 0.05) is 79.2 Å². The zero-order valence-corrected chi connectivity index (χ0v) is 63.0. The zero-order chi connectivity index (χ0) is 74.5. The summed E-state index contributed by atoms with van der Waals surface area (Å²) in [5.74, 6) is 1.57. The maximum atomic E-state index is 5.54. The summed E-state index contributed by atoms with van der Waals surface area (Å²) in [6, 6.07) is 140. The molecule has 7 nitrogen and oxygen atoms in total. The molecule has 22 aromatic rings. The minimum atomic E-state index is -0.591. The van der Waals surface area contributed by atoms with Crippen molar-refractivity contribution in [1.82, 2.24) is 33.2 Å². The number of rotatable bonds is 5. The Kier molecular flexibility index (Phi) is 13.5. The van der Waals surface area contributed by atoms with Gasteiger partial charge in [0.1, 0.15) is 5.82 Å². The van der Waals surface area contributed by atoms with E-state index in [-0.39, 0.29) is 0 Å². The maximum Gasteiger partial charge on any atom is 0.235 e. The number of pyridine rings is 1. The molecule has 0 amide bonds. The van der Waals surface area contributed by atoms with Gasteiger partial charge in [-0.05, 0) is 122 Å². The first-order valence-electron chi connectivity index (χ1n) is 39.0. The number of hydrogen-bond acceptors (Lipinski definition) is 5. The molecule has 0 N–H and O–H groups in total. The number of aromatic nitrogens is 7. The van der Waals surface area contributed by atoms with Crippen LogP contribution in [0.4, 0.5) is 0 Å². The van der Waals surface area contributed by atoms with Crippen molar-refractivity contribution in [3.8, 4) is 56.8 Å². The molecule has 0 fully saturated rings. The van der Waals surface area contributed by atoms with Crippen LogP contribution in [0.5, 0.6) is 0 Å². The Hall–Kier alpha value is -14.1. The van der Waals surface area contributed by atoms with E-state index in [1.54, 1.807) is 0 Å². The van der Waals surface area contributed by atoms with E-state index in [2.05, 4.69) is 400 Å². The van der Waals surface area contributed by atoms with E-state index in [1.807, 2.05) is 23.5 Å². The Bertz CT molecular complexity index is 7830. The maximum absolute atomic E-state index is 5.54. The molecule has 530 valence electrons. The molecule has 16 aromatic carbocycles. The highest BCUT2D eigenvalue weighted by Crippen LogP contribution is 2.65. The van der Waals surface area contributed by atoms with Gasteiger partial charge in [0.2, 0.25) is 5.95 Å². The highest BCUT2D eigenvalue weighted by molar-refractivity contribution is 8.00. The lowest BCUT2D eigenvalue weighted by Gasteiger charge is -2.45. The molecular formula is C105H63N7S2. The molecule has 6 aromatic heterocycles. The Morgan fingerprint density at radius 2 is 0.614 bits per heavy atom. The number of nitrogens with zero attached hydrogens (tertiary/aromatic N) is 7. The monoisotopic (exact) mass is 1490 g/mol. The molecule has 0 saturated carbocycles. The second kappa shape index (κ2) is 24.2. The van der Waals surface area contributed by atoms with E-state index in [1.165, 1.54) is 146 Å². The quantitative estimate of drug-likeness (QED) is 0.172. The van der Waals surface area contributed by atoms with Crippen molar-refractivity contribution in [3.05, 3.63) is 427 Å². The van der Waals surface area contributed by atoms with Gasteiger partial charge in [0.05, 0.1) is 83.2 Å². The first-order chi connectivity index (χ1) is 56.6. The van der Waals surface area contributed by atoms with E-state index in [0.29, 0.717) is 5.95 Å². The molecule has 4 aliphatic heterocycles. The molecule has 0 saturated heterocycles. The summed E-state index contributed by atoms with van der Waals surface area (Å²) in [6.45, 7) is 0. The summed E-state index contributed by atoms with van der Waals surface area (Å²) in [4.78, 5) is 21.4. The van der Waals surface area contributed by atoms with Crippen molar-refractivity contribution in [2.45, 2.75) is 30.4 Å². The lowest BCUT2D eigenvalue weighted by molar-refractivity contribution is 0.691. The van der Waals surface area contributed by atoms with Gasteiger partial charge in [0.15, 0.2) is 0 Å². The molecule has 0 aliphatic carbocycles. The second-order valence-corrected chi connectivity index (χ2v) is 32.4. The largest absolute Gasteiger partial charge is 0.309 e. The van der Waals surface area contributed by atoms with Gasteiger partial charge in [0.25, 0.3) is 0 Å². The number of hydrogen-bond donors (Lipinski definition) is 0. The van der Waals surface area contributed by atoms with Crippen molar-refractivity contribution in [2.75, 3.05) is 0 Å². The fraction of sp³-hybridized carbons (Fsp3) is 0.0190. The van der Waals surface area contributed by atoms with E-state index in [0.717, 1.165) is 66.9 Å². The molecule has 2 unspecified atom stereocenters. The van der Waals surface area contributed by atoms with Crippen molar-refractivity contribution in [2.24, 2.45) is 0 Å². The van der Waals surface area contributed by atoms with Crippen LogP contribution in [-0.2, 0) is 10.8 Å². The Morgan fingerprint density at radius 3 is 1.14 bits per heavy atom.